The van der Waals surface area contributed by atoms with E-state index in [0.29, 0.717) is 22.6 Å². The van der Waals surface area contributed by atoms with Gasteiger partial charge in [-0.2, -0.15) is 10.4 Å². The highest BCUT2D eigenvalue weighted by molar-refractivity contribution is 6.07. The van der Waals surface area contributed by atoms with Crippen molar-refractivity contribution in [1.82, 2.24) is 10.3 Å². The molecule has 0 unspecified atom stereocenters. The Morgan fingerprint density at radius 1 is 1.14 bits per heavy atom. The topological polar surface area (TPSA) is 104 Å². The van der Waals surface area contributed by atoms with Crippen molar-refractivity contribution in [3.63, 3.8) is 0 Å². The number of methoxy groups -OCH3 is 1. The van der Waals surface area contributed by atoms with Crippen LogP contribution in [0.25, 0.3) is 0 Å². The van der Waals surface area contributed by atoms with Gasteiger partial charge in [0.1, 0.15) is 23.1 Å². The zero-order valence-electron chi connectivity index (χ0n) is 15.4. The molecule has 1 fully saturated rings. The second kappa shape index (κ2) is 7.80. The molecule has 1 atom stereocenters. The van der Waals surface area contributed by atoms with Gasteiger partial charge in [-0.15, -0.1) is 5.01 Å². The smallest absolute Gasteiger partial charge is 0.346 e. The number of carbonyl (C=O) groups is 2. The second-order valence-corrected chi connectivity index (χ2v) is 6.16. The molecule has 0 aliphatic carbocycles. The lowest BCUT2D eigenvalue weighted by atomic mass is 9.92. The number of rotatable bonds is 6. The van der Waals surface area contributed by atoms with E-state index >= 15 is 0 Å². The van der Waals surface area contributed by atoms with Crippen molar-refractivity contribution in [2.75, 3.05) is 13.7 Å². The van der Waals surface area contributed by atoms with Gasteiger partial charge in [0.05, 0.1) is 13.3 Å². The molecule has 2 aromatic carbocycles. The summed E-state index contributed by atoms with van der Waals surface area (Å²) in [6, 6.07) is 14.9. The van der Waals surface area contributed by atoms with Crippen LogP contribution in [0, 0.1) is 11.3 Å². The highest BCUT2D eigenvalue weighted by Gasteiger charge is 2.49. The van der Waals surface area contributed by atoms with Crippen LogP contribution in [-0.4, -0.2) is 36.9 Å². The predicted octanol–water partition coefficient (Wildman–Crippen LogP) is 2.40. The number of nitrogens with one attached hydrogen (secondary N) is 1. The summed E-state index contributed by atoms with van der Waals surface area (Å²) >= 11 is 0. The molecular formula is C20H18N4O4. The van der Waals surface area contributed by atoms with Crippen LogP contribution in [0.4, 0.5) is 4.79 Å². The summed E-state index contributed by atoms with van der Waals surface area (Å²) < 4.78 is 10.3. The Kier molecular flexibility index (Phi) is 5.27. The molecule has 0 aromatic heterocycles. The van der Waals surface area contributed by atoms with Crippen LogP contribution in [0.3, 0.4) is 0 Å². The number of hydrazone groups is 1. The molecule has 28 heavy (non-hydrogen) atoms. The Labute approximate surface area is 162 Å². The van der Waals surface area contributed by atoms with Crippen molar-refractivity contribution >= 4 is 18.2 Å². The first kappa shape index (κ1) is 18.9. The minimum atomic E-state index is -1.21. The fourth-order valence-electron chi connectivity index (χ4n) is 2.74. The summed E-state index contributed by atoms with van der Waals surface area (Å²) in [4.78, 5) is 25.1. The van der Waals surface area contributed by atoms with Crippen molar-refractivity contribution in [3.05, 3.63) is 59.7 Å². The van der Waals surface area contributed by atoms with Crippen LogP contribution in [0.5, 0.6) is 11.5 Å². The molecule has 1 N–H and O–H groups in total. The van der Waals surface area contributed by atoms with Crippen molar-refractivity contribution in [3.8, 4) is 17.6 Å². The molecule has 0 saturated carbocycles. The quantitative estimate of drug-likeness (QED) is 0.614. The Bertz CT molecular complexity index is 948. The minimum Gasteiger partial charge on any atom is -0.497 e. The van der Waals surface area contributed by atoms with Gasteiger partial charge in [0, 0.05) is 0 Å². The first-order valence-corrected chi connectivity index (χ1v) is 8.43. The Morgan fingerprint density at radius 2 is 1.79 bits per heavy atom. The molecule has 1 saturated heterocycles. The Hall–Kier alpha value is -3.86. The van der Waals surface area contributed by atoms with Crippen molar-refractivity contribution in [1.29, 1.82) is 5.26 Å². The van der Waals surface area contributed by atoms with Gasteiger partial charge in [-0.1, -0.05) is 12.1 Å². The lowest BCUT2D eigenvalue weighted by Crippen LogP contribution is -2.40. The fraction of sp³-hybridized carbons (Fsp3) is 0.200. The molecule has 3 rings (SSSR count). The predicted molar refractivity (Wildman–Crippen MR) is 101 cm³/mol. The summed E-state index contributed by atoms with van der Waals surface area (Å²) in [6.07, 6.45) is 1.41. The molecule has 8 nitrogen and oxygen atoms in total. The molecule has 3 amide bonds. The van der Waals surface area contributed by atoms with Crippen LogP contribution in [0.15, 0.2) is 53.6 Å². The molecular weight excluding hydrogens is 360 g/mol. The number of hydrogen-bond donors (Lipinski definition) is 1. The standard InChI is InChI=1S/C20H18N4O4/c1-20(15-5-9-16(27-2)10-6-15)18(25)24(19(26)23-20)22-13-14-3-7-17(8-4-14)28-12-11-21/h3-10,13H,12H2,1-2H3,(H,23,26)/b22-13-/t20-/m1/s1. The van der Waals surface area contributed by atoms with Gasteiger partial charge in [0.2, 0.25) is 0 Å². The van der Waals surface area contributed by atoms with Crippen molar-refractivity contribution < 1.29 is 19.1 Å². The van der Waals surface area contributed by atoms with Gasteiger partial charge in [0.15, 0.2) is 6.61 Å². The van der Waals surface area contributed by atoms with Gasteiger partial charge in [0.25, 0.3) is 5.91 Å². The summed E-state index contributed by atoms with van der Waals surface area (Å²) in [5, 5.41) is 16.0. The summed E-state index contributed by atoms with van der Waals surface area (Å²) in [7, 11) is 1.55. The van der Waals surface area contributed by atoms with Crippen LogP contribution >= 0.6 is 0 Å². The number of benzene rings is 2. The maximum atomic E-state index is 12.8. The molecule has 0 bridgehead atoms. The average Bonchev–Trinajstić information content (AvgIpc) is 2.94. The van der Waals surface area contributed by atoms with E-state index < -0.39 is 17.5 Å². The zero-order valence-corrected chi connectivity index (χ0v) is 15.4. The third-order valence-electron chi connectivity index (χ3n) is 4.34. The lowest BCUT2D eigenvalue weighted by molar-refractivity contribution is -0.131. The molecule has 1 aliphatic rings. The minimum absolute atomic E-state index is 0.0418. The SMILES string of the molecule is COc1ccc([C@@]2(C)NC(=O)N(/N=C\c3ccc(OCC#N)cc3)C2=O)cc1. The number of ether oxygens (including phenoxy) is 2. The molecule has 142 valence electrons. The van der Waals surface area contributed by atoms with Gasteiger partial charge in [-0.3, -0.25) is 4.79 Å². The molecule has 8 heteroatoms. The van der Waals surface area contributed by atoms with E-state index in [-0.39, 0.29) is 6.61 Å². The maximum Gasteiger partial charge on any atom is 0.346 e. The normalized spacial score (nSPS) is 18.8. The van der Waals surface area contributed by atoms with E-state index in [2.05, 4.69) is 10.4 Å². The first-order chi connectivity index (χ1) is 13.5. The van der Waals surface area contributed by atoms with Crippen molar-refractivity contribution in [2.24, 2.45) is 5.10 Å². The molecule has 2 aromatic rings. The molecule has 0 radical (unpaired) electrons. The first-order valence-electron chi connectivity index (χ1n) is 8.43. The van der Waals surface area contributed by atoms with Crippen LogP contribution in [0.1, 0.15) is 18.1 Å². The number of imide groups is 1. The summed E-state index contributed by atoms with van der Waals surface area (Å²) in [5.41, 5.74) is 0.0849. The number of urea groups is 1. The number of nitriles is 1. The fourth-order valence-corrected chi connectivity index (χ4v) is 2.74. The van der Waals surface area contributed by atoms with E-state index in [1.54, 1.807) is 62.6 Å². The monoisotopic (exact) mass is 378 g/mol. The maximum absolute atomic E-state index is 12.8. The highest BCUT2D eigenvalue weighted by Crippen LogP contribution is 2.30. The van der Waals surface area contributed by atoms with Crippen LogP contribution in [0.2, 0.25) is 0 Å². The van der Waals surface area contributed by atoms with Crippen LogP contribution in [-0.2, 0) is 10.3 Å². The highest BCUT2D eigenvalue weighted by atomic mass is 16.5. The summed E-state index contributed by atoms with van der Waals surface area (Å²) in [6.45, 7) is 1.59. The molecule has 1 heterocycles. The van der Waals surface area contributed by atoms with E-state index in [1.807, 2.05) is 6.07 Å². The van der Waals surface area contributed by atoms with Gasteiger partial charge < -0.3 is 14.8 Å². The van der Waals surface area contributed by atoms with Crippen molar-refractivity contribution in [2.45, 2.75) is 12.5 Å². The van der Waals surface area contributed by atoms with Crippen LogP contribution < -0.4 is 14.8 Å². The summed E-state index contributed by atoms with van der Waals surface area (Å²) in [5.74, 6) is 0.717. The van der Waals surface area contributed by atoms with Gasteiger partial charge in [-0.05, 0) is 54.4 Å². The van der Waals surface area contributed by atoms with E-state index in [1.165, 1.54) is 6.21 Å². The number of carbonyl (C=O) groups excluding carboxylic acids is 2. The second-order valence-electron chi connectivity index (χ2n) is 6.16. The van der Waals surface area contributed by atoms with Gasteiger partial charge >= 0.3 is 6.03 Å². The van der Waals surface area contributed by atoms with Gasteiger partial charge in [-0.25, -0.2) is 4.79 Å². The van der Waals surface area contributed by atoms with E-state index in [0.717, 1.165) is 5.01 Å². The third-order valence-corrected chi connectivity index (χ3v) is 4.34. The Balaban J connectivity index is 1.76. The van der Waals surface area contributed by atoms with E-state index in [4.69, 9.17) is 14.7 Å². The number of amides is 3. The number of nitrogens with zero attached hydrogens (tertiary/aromatic N) is 3. The average molecular weight is 378 g/mol. The molecule has 1 aliphatic heterocycles. The Morgan fingerprint density at radius 3 is 2.39 bits per heavy atom. The van der Waals surface area contributed by atoms with E-state index in [9.17, 15) is 9.59 Å². The third kappa shape index (κ3) is 3.64. The zero-order chi connectivity index (χ0) is 20.1. The number of hydrogen-bond acceptors (Lipinski definition) is 6. The lowest BCUT2D eigenvalue weighted by Gasteiger charge is -2.21. The largest absolute Gasteiger partial charge is 0.497 e. The molecule has 0 spiro atoms.